The first kappa shape index (κ1) is 23.8. The summed E-state index contributed by atoms with van der Waals surface area (Å²) >= 11 is 0. The number of urea groups is 1. The minimum atomic E-state index is -0.369. The number of hydrogen-bond donors (Lipinski definition) is 0. The van der Waals surface area contributed by atoms with Crippen LogP contribution >= 0.6 is 0 Å². The molecule has 0 saturated carbocycles. The van der Waals surface area contributed by atoms with Crippen molar-refractivity contribution in [3.05, 3.63) is 23.9 Å². The summed E-state index contributed by atoms with van der Waals surface area (Å²) in [5.41, 5.74) is 0.440. The smallest absolute Gasteiger partial charge is 0.339 e. The quantitative estimate of drug-likeness (QED) is 0.623. The Hall–Kier alpha value is -2.84. The second-order valence-electron chi connectivity index (χ2n) is 8.15. The Morgan fingerprint density at radius 2 is 1.62 bits per heavy atom. The number of esters is 1. The highest BCUT2D eigenvalue weighted by atomic mass is 16.5. The van der Waals surface area contributed by atoms with Gasteiger partial charge in [0.05, 0.1) is 12.2 Å². The van der Waals surface area contributed by atoms with Gasteiger partial charge in [0.1, 0.15) is 5.82 Å². The van der Waals surface area contributed by atoms with Gasteiger partial charge >= 0.3 is 12.0 Å². The zero-order valence-corrected chi connectivity index (χ0v) is 19.5. The van der Waals surface area contributed by atoms with Gasteiger partial charge in [0.15, 0.2) is 0 Å². The second-order valence-corrected chi connectivity index (χ2v) is 8.15. The van der Waals surface area contributed by atoms with Gasteiger partial charge in [0.2, 0.25) is 5.91 Å². The number of ether oxygens (including phenoxy) is 1. The fourth-order valence-corrected chi connectivity index (χ4v) is 4.33. The molecule has 1 aromatic rings. The Bertz CT molecular complexity index is 780. The topological polar surface area (TPSA) is 86.3 Å². The van der Waals surface area contributed by atoms with E-state index < -0.39 is 0 Å². The number of rotatable bonds is 6. The van der Waals surface area contributed by atoms with Crippen LogP contribution < -0.4 is 4.90 Å². The van der Waals surface area contributed by atoms with Gasteiger partial charge in [-0.3, -0.25) is 4.79 Å². The van der Waals surface area contributed by atoms with E-state index in [2.05, 4.69) is 9.88 Å². The highest BCUT2D eigenvalue weighted by molar-refractivity contribution is 5.89. The van der Waals surface area contributed by atoms with Crippen LogP contribution in [0.15, 0.2) is 18.3 Å². The molecule has 9 heteroatoms. The first-order valence-electron chi connectivity index (χ1n) is 11.7. The number of hydrogen-bond acceptors (Lipinski definition) is 6. The lowest BCUT2D eigenvalue weighted by molar-refractivity contribution is -0.137. The van der Waals surface area contributed by atoms with E-state index >= 15 is 0 Å². The molecule has 32 heavy (non-hydrogen) atoms. The van der Waals surface area contributed by atoms with E-state index in [1.165, 1.54) is 6.20 Å². The molecule has 0 spiro atoms. The highest BCUT2D eigenvalue weighted by Crippen LogP contribution is 2.22. The lowest BCUT2D eigenvalue weighted by Crippen LogP contribution is -2.53. The number of likely N-dealkylation sites (tertiary alicyclic amines) is 1. The summed E-state index contributed by atoms with van der Waals surface area (Å²) < 4.78 is 4.99. The molecule has 2 saturated heterocycles. The molecular weight excluding hydrogens is 410 g/mol. The number of amides is 3. The summed E-state index contributed by atoms with van der Waals surface area (Å²) in [6, 6.07) is 3.63. The molecule has 0 aliphatic carbocycles. The van der Waals surface area contributed by atoms with E-state index in [1.807, 2.05) is 34.6 Å². The van der Waals surface area contributed by atoms with Gasteiger partial charge in [-0.2, -0.15) is 0 Å². The van der Waals surface area contributed by atoms with Gasteiger partial charge in [-0.05, 0) is 45.7 Å². The van der Waals surface area contributed by atoms with Gasteiger partial charge in [-0.15, -0.1) is 0 Å². The van der Waals surface area contributed by atoms with Crippen LogP contribution in [-0.4, -0.2) is 96.6 Å². The molecule has 0 atom stereocenters. The van der Waals surface area contributed by atoms with E-state index in [-0.39, 0.29) is 23.8 Å². The average Bonchev–Trinajstić information content (AvgIpc) is 2.85. The number of piperidine rings is 1. The van der Waals surface area contributed by atoms with Crippen LogP contribution in [0.4, 0.5) is 10.6 Å². The van der Waals surface area contributed by atoms with Crippen LogP contribution in [-0.2, 0) is 9.53 Å². The van der Waals surface area contributed by atoms with Crippen molar-refractivity contribution in [1.82, 2.24) is 19.7 Å². The summed E-state index contributed by atoms with van der Waals surface area (Å²) in [6.07, 6.45) is 2.99. The summed E-state index contributed by atoms with van der Waals surface area (Å²) in [5, 5.41) is 0. The maximum atomic E-state index is 13.0. The van der Waals surface area contributed by atoms with Crippen molar-refractivity contribution in [3.63, 3.8) is 0 Å². The molecule has 0 aromatic carbocycles. The van der Waals surface area contributed by atoms with Crippen LogP contribution in [0.25, 0.3) is 0 Å². The minimum absolute atomic E-state index is 0.00992. The molecule has 9 nitrogen and oxygen atoms in total. The van der Waals surface area contributed by atoms with Gasteiger partial charge in [0, 0.05) is 64.5 Å². The van der Waals surface area contributed by atoms with E-state index in [9.17, 15) is 14.4 Å². The van der Waals surface area contributed by atoms with Gasteiger partial charge in [-0.1, -0.05) is 0 Å². The van der Waals surface area contributed by atoms with Gasteiger partial charge in [0.25, 0.3) is 0 Å². The largest absolute Gasteiger partial charge is 0.462 e. The SMILES string of the molecule is CCOC(=O)c1ccc(N2CCN(C(=O)C3CCN(C(=O)N(CC)CC)CC3)CC2)nc1. The average molecular weight is 446 g/mol. The first-order valence-corrected chi connectivity index (χ1v) is 11.7. The molecule has 3 rings (SSSR count). The molecule has 3 heterocycles. The van der Waals surface area contributed by atoms with E-state index in [1.54, 1.807) is 13.0 Å². The Morgan fingerprint density at radius 3 is 2.16 bits per heavy atom. The standard InChI is InChI=1S/C23H35N5O4/c1-4-25(5-2)23(31)28-11-9-18(10-12-28)21(29)27-15-13-26(14-16-27)20-8-7-19(17-24-20)22(30)32-6-3/h7-8,17-18H,4-6,9-16H2,1-3H3. The van der Waals surface area contributed by atoms with Crippen LogP contribution in [0.2, 0.25) is 0 Å². The molecule has 2 aliphatic heterocycles. The third-order valence-electron chi connectivity index (χ3n) is 6.32. The maximum Gasteiger partial charge on any atom is 0.339 e. The van der Waals surface area contributed by atoms with Crippen molar-refractivity contribution in [2.45, 2.75) is 33.6 Å². The Morgan fingerprint density at radius 1 is 0.969 bits per heavy atom. The Kier molecular flexibility index (Phi) is 8.30. The molecule has 176 valence electrons. The lowest BCUT2D eigenvalue weighted by Gasteiger charge is -2.39. The van der Waals surface area contributed by atoms with E-state index in [0.29, 0.717) is 64.5 Å². The molecule has 0 radical (unpaired) electrons. The molecule has 0 bridgehead atoms. The number of anilines is 1. The van der Waals surface area contributed by atoms with Crippen molar-refractivity contribution in [2.75, 3.05) is 63.9 Å². The summed E-state index contributed by atoms with van der Waals surface area (Å²) in [6.45, 7) is 11.5. The van der Waals surface area contributed by atoms with Crippen molar-refractivity contribution < 1.29 is 19.1 Å². The monoisotopic (exact) mass is 445 g/mol. The van der Waals surface area contributed by atoms with Gasteiger partial charge in [-0.25, -0.2) is 14.6 Å². The van der Waals surface area contributed by atoms with Crippen molar-refractivity contribution >= 4 is 23.7 Å². The second kappa shape index (κ2) is 11.2. The van der Waals surface area contributed by atoms with Crippen LogP contribution in [0.3, 0.4) is 0 Å². The Labute approximate surface area is 190 Å². The molecular formula is C23H35N5O4. The number of carbonyl (C=O) groups excluding carboxylic acids is 3. The zero-order chi connectivity index (χ0) is 23.1. The molecule has 2 fully saturated rings. The fourth-order valence-electron chi connectivity index (χ4n) is 4.33. The van der Waals surface area contributed by atoms with Crippen LogP contribution in [0.1, 0.15) is 44.0 Å². The molecule has 0 unspecified atom stereocenters. The maximum absolute atomic E-state index is 13.0. The van der Waals surface area contributed by atoms with E-state index in [4.69, 9.17) is 4.74 Å². The summed E-state index contributed by atoms with van der Waals surface area (Å²) in [7, 11) is 0. The molecule has 0 N–H and O–H groups in total. The number of aromatic nitrogens is 1. The highest BCUT2D eigenvalue weighted by Gasteiger charge is 2.32. The third kappa shape index (κ3) is 5.49. The van der Waals surface area contributed by atoms with Gasteiger partial charge < -0.3 is 24.3 Å². The fraction of sp³-hybridized carbons (Fsp3) is 0.652. The van der Waals surface area contributed by atoms with Crippen molar-refractivity contribution in [3.8, 4) is 0 Å². The predicted molar refractivity (Wildman–Crippen MR) is 122 cm³/mol. The molecule has 3 amide bonds. The number of piperazine rings is 1. The summed E-state index contributed by atoms with van der Waals surface area (Å²) in [5.74, 6) is 0.620. The molecule has 2 aliphatic rings. The minimum Gasteiger partial charge on any atom is -0.462 e. The number of carbonyl (C=O) groups is 3. The third-order valence-corrected chi connectivity index (χ3v) is 6.32. The van der Waals surface area contributed by atoms with E-state index in [0.717, 1.165) is 18.7 Å². The normalized spacial score (nSPS) is 17.3. The number of pyridine rings is 1. The zero-order valence-electron chi connectivity index (χ0n) is 19.5. The summed E-state index contributed by atoms with van der Waals surface area (Å²) in [4.78, 5) is 49.5. The molecule has 1 aromatic heterocycles. The van der Waals surface area contributed by atoms with Crippen molar-refractivity contribution in [1.29, 1.82) is 0 Å². The first-order chi connectivity index (χ1) is 15.5. The Balaban J connectivity index is 1.47. The van der Waals surface area contributed by atoms with Crippen LogP contribution in [0, 0.1) is 5.92 Å². The lowest BCUT2D eigenvalue weighted by atomic mass is 9.95. The van der Waals surface area contributed by atoms with Crippen LogP contribution in [0.5, 0.6) is 0 Å². The number of nitrogens with zero attached hydrogens (tertiary/aromatic N) is 5. The predicted octanol–water partition coefficient (Wildman–Crippen LogP) is 2.08. The van der Waals surface area contributed by atoms with Crippen molar-refractivity contribution in [2.24, 2.45) is 5.92 Å².